The summed E-state index contributed by atoms with van der Waals surface area (Å²) in [6.07, 6.45) is 2.39. The molecule has 0 bridgehead atoms. The molecule has 0 radical (unpaired) electrons. The largest absolute Gasteiger partial charge is 0.491 e. The molecule has 2 aromatic carbocycles. The second-order valence-electron chi connectivity index (χ2n) is 7.86. The van der Waals surface area contributed by atoms with Crippen molar-refractivity contribution in [3.8, 4) is 0 Å². The minimum absolute atomic E-state index is 0.0944. The number of rotatable bonds is 1. The summed E-state index contributed by atoms with van der Waals surface area (Å²) in [6.45, 7) is 4.08. The maximum absolute atomic E-state index is 13.5. The number of amides is 1. The van der Waals surface area contributed by atoms with E-state index in [4.69, 9.17) is 4.74 Å². The first-order valence-corrected chi connectivity index (χ1v) is 9.30. The lowest BCUT2D eigenvalue weighted by atomic mass is 9.83. The van der Waals surface area contributed by atoms with Gasteiger partial charge in [-0.15, -0.1) is 0 Å². The molecule has 1 unspecified atom stereocenters. The number of aromatic nitrogens is 1. The van der Waals surface area contributed by atoms with Gasteiger partial charge in [0.25, 0.3) is 5.91 Å². The number of halogens is 1. The van der Waals surface area contributed by atoms with E-state index in [-0.39, 0.29) is 17.6 Å². The van der Waals surface area contributed by atoms with Crippen molar-refractivity contribution < 1.29 is 13.9 Å². The third kappa shape index (κ3) is 2.58. The zero-order chi connectivity index (χ0) is 19.5. The number of carbonyl (C=O) groups is 1. The van der Waals surface area contributed by atoms with Gasteiger partial charge in [0.1, 0.15) is 17.2 Å². The number of ether oxygens (including phenoxy) is 1. The molecule has 0 spiro atoms. The van der Waals surface area contributed by atoms with Crippen LogP contribution in [0.1, 0.15) is 37.3 Å². The summed E-state index contributed by atoms with van der Waals surface area (Å²) in [7, 11) is 0. The van der Waals surface area contributed by atoms with Gasteiger partial charge in [0.15, 0.2) is 0 Å². The molecule has 28 heavy (non-hydrogen) atoms. The number of anilines is 1. The number of nitrogens with one attached hydrogen (secondary N) is 1. The maximum Gasteiger partial charge on any atom is 0.259 e. The van der Waals surface area contributed by atoms with Crippen molar-refractivity contribution in [1.82, 2.24) is 4.98 Å². The predicted octanol–water partition coefficient (Wildman–Crippen LogP) is 5.02. The van der Waals surface area contributed by atoms with Crippen LogP contribution in [0, 0.1) is 5.82 Å². The lowest BCUT2D eigenvalue weighted by Gasteiger charge is -2.26. The number of allylic oxidation sites excluding steroid dienone is 1. The van der Waals surface area contributed by atoms with E-state index in [0.717, 1.165) is 16.5 Å². The van der Waals surface area contributed by atoms with Gasteiger partial charge in [-0.3, -0.25) is 9.78 Å². The van der Waals surface area contributed by atoms with E-state index in [2.05, 4.69) is 22.4 Å². The quantitative estimate of drug-likeness (QED) is 0.609. The highest BCUT2D eigenvalue weighted by atomic mass is 19.1. The van der Waals surface area contributed by atoms with Crippen LogP contribution >= 0.6 is 0 Å². The topological polar surface area (TPSA) is 51.2 Å². The fourth-order valence-corrected chi connectivity index (χ4v) is 4.27. The number of carbonyl (C=O) groups excluding carboxylic acids is 1. The van der Waals surface area contributed by atoms with E-state index >= 15 is 0 Å². The third-order valence-electron chi connectivity index (χ3n) is 5.65. The van der Waals surface area contributed by atoms with E-state index in [9.17, 15) is 9.18 Å². The Labute approximate surface area is 162 Å². The summed E-state index contributed by atoms with van der Waals surface area (Å²) < 4.78 is 19.8. The summed E-state index contributed by atoms with van der Waals surface area (Å²) in [4.78, 5) is 17.0. The molecule has 3 heterocycles. The van der Waals surface area contributed by atoms with Crippen LogP contribution in [0.15, 0.2) is 60.5 Å². The van der Waals surface area contributed by atoms with Crippen molar-refractivity contribution >= 4 is 28.1 Å². The first kappa shape index (κ1) is 16.9. The Bertz CT molecular complexity index is 1170. The van der Waals surface area contributed by atoms with Gasteiger partial charge in [0.05, 0.1) is 16.8 Å². The van der Waals surface area contributed by atoms with Gasteiger partial charge in [-0.25, -0.2) is 4.39 Å². The average Bonchev–Trinajstić information content (AvgIpc) is 3.15. The molecule has 1 atom stereocenters. The molecular formula is C23H19FN2O2. The average molecular weight is 374 g/mol. The van der Waals surface area contributed by atoms with Crippen LogP contribution in [0.5, 0.6) is 0 Å². The van der Waals surface area contributed by atoms with E-state index in [1.165, 1.54) is 12.1 Å². The highest BCUT2D eigenvalue weighted by Crippen LogP contribution is 2.49. The Morgan fingerprint density at radius 1 is 1.18 bits per heavy atom. The molecule has 0 saturated carbocycles. The van der Waals surface area contributed by atoms with Crippen LogP contribution in [0.2, 0.25) is 0 Å². The zero-order valence-electron chi connectivity index (χ0n) is 15.6. The predicted molar refractivity (Wildman–Crippen MR) is 106 cm³/mol. The third-order valence-corrected chi connectivity index (χ3v) is 5.65. The van der Waals surface area contributed by atoms with Crippen molar-refractivity contribution in [2.75, 3.05) is 5.32 Å². The number of hydrogen-bond donors (Lipinski definition) is 1. The lowest BCUT2D eigenvalue weighted by Crippen LogP contribution is -2.25. The molecule has 140 valence electrons. The first-order chi connectivity index (χ1) is 13.4. The van der Waals surface area contributed by atoms with Gasteiger partial charge in [0.2, 0.25) is 0 Å². The fraction of sp³-hybridized carbons (Fsp3) is 0.217. The molecule has 2 aliphatic rings. The SMILES string of the molecule is CC1(C)O/C(=C2/C(=O)Nc3cc(F)ccc32)CC1c1ccc2ncccc2c1. The van der Waals surface area contributed by atoms with E-state index in [0.29, 0.717) is 29.0 Å². The number of hydrogen-bond acceptors (Lipinski definition) is 3. The molecule has 1 amide bonds. The molecule has 5 rings (SSSR count). The molecule has 3 aromatic rings. The Morgan fingerprint density at radius 2 is 2.04 bits per heavy atom. The second kappa shape index (κ2) is 5.89. The van der Waals surface area contributed by atoms with Gasteiger partial charge >= 0.3 is 0 Å². The van der Waals surface area contributed by atoms with E-state index in [1.54, 1.807) is 12.3 Å². The van der Waals surface area contributed by atoms with E-state index < -0.39 is 5.60 Å². The Kier molecular flexibility index (Phi) is 3.56. The molecule has 0 aliphatic carbocycles. The summed E-state index contributed by atoms with van der Waals surface area (Å²) >= 11 is 0. The van der Waals surface area contributed by atoms with Gasteiger partial charge in [-0.2, -0.15) is 0 Å². The molecule has 2 aliphatic heterocycles. The normalized spacial score (nSPS) is 22.8. The molecule has 1 N–H and O–H groups in total. The minimum atomic E-state index is -0.471. The molecule has 1 fully saturated rings. The van der Waals surface area contributed by atoms with Gasteiger partial charge in [-0.05, 0) is 55.8 Å². The number of benzene rings is 2. The van der Waals surface area contributed by atoms with Crippen LogP contribution in [-0.2, 0) is 9.53 Å². The van der Waals surface area contributed by atoms with Gasteiger partial charge in [-0.1, -0.05) is 12.1 Å². The van der Waals surface area contributed by atoms with Crippen molar-refractivity contribution in [2.45, 2.75) is 31.8 Å². The van der Waals surface area contributed by atoms with Gasteiger partial charge < -0.3 is 10.1 Å². The highest BCUT2D eigenvalue weighted by Gasteiger charge is 2.43. The smallest absolute Gasteiger partial charge is 0.259 e. The number of fused-ring (bicyclic) bond motifs is 2. The molecular weight excluding hydrogens is 355 g/mol. The Balaban J connectivity index is 1.58. The van der Waals surface area contributed by atoms with Crippen LogP contribution in [-0.4, -0.2) is 16.5 Å². The lowest BCUT2D eigenvalue weighted by molar-refractivity contribution is -0.111. The summed E-state index contributed by atoms with van der Waals surface area (Å²) in [6, 6.07) is 14.6. The monoisotopic (exact) mass is 374 g/mol. The standard InChI is InChI=1S/C23H19FN2O2/c1-23(2)17(13-5-8-18-14(10-13)4-3-9-25-18)12-20(28-23)21-16-7-6-15(24)11-19(16)26-22(21)27/h3-11,17H,12H2,1-2H3,(H,26,27)/b21-20+. The van der Waals surface area contributed by atoms with Crippen LogP contribution < -0.4 is 5.32 Å². The van der Waals surface area contributed by atoms with Crippen molar-refractivity contribution in [3.63, 3.8) is 0 Å². The molecule has 4 nitrogen and oxygen atoms in total. The zero-order valence-corrected chi connectivity index (χ0v) is 15.6. The summed E-state index contributed by atoms with van der Waals surface area (Å²) in [5.74, 6) is 0.136. The second-order valence-corrected chi connectivity index (χ2v) is 7.86. The number of pyridine rings is 1. The summed E-state index contributed by atoms with van der Waals surface area (Å²) in [5.41, 5.74) is 3.33. The molecule has 1 aromatic heterocycles. The van der Waals surface area contributed by atoms with Crippen molar-refractivity contribution in [3.05, 3.63) is 77.4 Å². The number of nitrogens with zero attached hydrogens (tertiary/aromatic N) is 1. The fourth-order valence-electron chi connectivity index (χ4n) is 4.27. The van der Waals surface area contributed by atoms with Crippen LogP contribution in [0.25, 0.3) is 16.5 Å². The van der Waals surface area contributed by atoms with E-state index in [1.807, 2.05) is 32.0 Å². The Hall–Kier alpha value is -3.21. The molecule has 5 heteroatoms. The summed E-state index contributed by atoms with van der Waals surface area (Å²) in [5, 5.41) is 3.83. The van der Waals surface area contributed by atoms with Gasteiger partial charge in [0, 0.05) is 29.5 Å². The Morgan fingerprint density at radius 3 is 2.89 bits per heavy atom. The van der Waals surface area contributed by atoms with Crippen LogP contribution in [0.4, 0.5) is 10.1 Å². The van der Waals surface area contributed by atoms with Crippen molar-refractivity contribution in [2.24, 2.45) is 0 Å². The van der Waals surface area contributed by atoms with Crippen molar-refractivity contribution in [1.29, 1.82) is 0 Å². The maximum atomic E-state index is 13.5. The highest BCUT2D eigenvalue weighted by molar-refractivity contribution is 6.32. The van der Waals surface area contributed by atoms with Crippen LogP contribution in [0.3, 0.4) is 0 Å². The first-order valence-electron chi connectivity index (χ1n) is 9.30. The molecule has 1 saturated heterocycles. The minimum Gasteiger partial charge on any atom is -0.491 e.